The van der Waals surface area contributed by atoms with Crippen LogP contribution in [-0.2, 0) is 4.74 Å². The Balaban J connectivity index is 1.88. The highest BCUT2D eigenvalue weighted by atomic mass is 35.5. The van der Waals surface area contributed by atoms with Gasteiger partial charge in [-0.3, -0.25) is 4.79 Å². The molecule has 1 amide bonds. The molecule has 2 aromatic rings. The van der Waals surface area contributed by atoms with Gasteiger partial charge in [-0.05, 0) is 31.9 Å². The van der Waals surface area contributed by atoms with Gasteiger partial charge in [0.05, 0.1) is 11.7 Å². The number of benzene rings is 1. The third-order valence-corrected chi connectivity index (χ3v) is 4.28. The van der Waals surface area contributed by atoms with Crippen LogP contribution in [0.5, 0.6) is 0 Å². The predicted molar refractivity (Wildman–Crippen MR) is 88.9 cm³/mol. The van der Waals surface area contributed by atoms with Crippen LogP contribution in [0.3, 0.4) is 0 Å². The maximum atomic E-state index is 12.5. The fraction of sp³-hybridized carbons (Fsp3) is 0.412. The molecular weight excluding hydrogens is 332 g/mol. The number of rotatable bonds is 4. The first-order valence-corrected chi connectivity index (χ1v) is 8.26. The van der Waals surface area contributed by atoms with E-state index in [1.54, 1.807) is 31.2 Å². The first kappa shape index (κ1) is 17.0. The van der Waals surface area contributed by atoms with E-state index in [9.17, 15) is 9.90 Å². The van der Waals surface area contributed by atoms with Crippen molar-refractivity contribution >= 4 is 17.5 Å². The van der Waals surface area contributed by atoms with Crippen molar-refractivity contribution in [1.29, 1.82) is 0 Å². The lowest BCUT2D eigenvalue weighted by Crippen LogP contribution is -2.39. The van der Waals surface area contributed by atoms with Gasteiger partial charge in [0, 0.05) is 29.8 Å². The summed E-state index contributed by atoms with van der Waals surface area (Å²) >= 11 is 5.90. The Morgan fingerprint density at radius 3 is 2.62 bits per heavy atom. The molecule has 0 saturated carbocycles. The largest absolute Gasteiger partial charge is 0.388 e. The number of nitrogens with one attached hydrogen (secondary N) is 1. The van der Waals surface area contributed by atoms with Crippen molar-refractivity contribution in [2.75, 3.05) is 13.2 Å². The Morgan fingerprint density at radius 2 is 2.00 bits per heavy atom. The van der Waals surface area contributed by atoms with Crippen molar-refractivity contribution in [3.63, 3.8) is 0 Å². The zero-order valence-electron chi connectivity index (χ0n) is 13.3. The molecule has 0 spiro atoms. The minimum absolute atomic E-state index is 0.0391. The highest BCUT2D eigenvalue weighted by Gasteiger charge is 2.28. The number of ether oxygens (including phenoxy) is 1. The smallest absolute Gasteiger partial charge is 0.290 e. The zero-order chi connectivity index (χ0) is 17.1. The zero-order valence-corrected chi connectivity index (χ0v) is 14.0. The third-order valence-electron chi connectivity index (χ3n) is 4.03. The van der Waals surface area contributed by atoms with Crippen LogP contribution in [0.15, 0.2) is 28.8 Å². The third kappa shape index (κ3) is 3.61. The van der Waals surface area contributed by atoms with E-state index in [-0.39, 0.29) is 17.7 Å². The molecule has 0 radical (unpaired) electrons. The molecule has 1 aromatic carbocycles. The first-order valence-electron chi connectivity index (χ1n) is 7.88. The first-order chi connectivity index (χ1) is 11.6. The second-order valence-electron chi connectivity index (χ2n) is 5.82. The molecule has 6 nitrogen and oxygen atoms in total. The number of hydrogen-bond acceptors (Lipinski definition) is 5. The Hall–Kier alpha value is -1.89. The van der Waals surface area contributed by atoms with Gasteiger partial charge in [0.25, 0.3) is 5.91 Å². The van der Waals surface area contributed by atoms with E-state index < -0.39 is 6.10 Å². The van der Waals surface area contributed by atoms with Crippen LogP contribution in [-0.4, -0.2) is 35.4 Å². The Morgan fingerprint density at radius 1 is 1.33 bits per heavy atom. The number of amides is 1. The summed E-state index contributed by atoms with van der Waals surface area (Å²) in [5.41, 5.74) is 1.55. The quantitative estimate of drug-likeness (QED) is 0.885. The molecule has 0 aliphatic carbocycles. The number of aliphatic hydroxyl groups excluding tert-OH is 1. The van der Waals surface area contributed by atoms with Crippen LogP contribution in [0.2, 0.25) is 5.02 Å². The van der Waals surface area contributed by atoms with Crippen LogP contribution in [0.25, 0.3) is 11.3 Å². The van der Waals surface area contributed by atoms with Crippen molar-refractivity contribution in [2.45, 2.75) is 31.9 Å². The van der Waals surface area contributed by atoms with Crippen LogP contribution in [0, 0.1) is 0 Å². The SMILES string of the molecule is CC(O)c1c(-c2ccc(Cl)cc2)noc1C(=O)NC1CCOCC1. The Kier molecular flexibility index (Phi) is 5.18. The number of hydrogen-bond donors (Lipinski definition) is 2. The number of carbonyl (C=O) groups excluding carboxylic acids is 1. The van der Waals surface area contributed by atoms with Gasteiger partial charge in [0.15, 0.2) is 0 Å². The number of aliphatic hydroxyl groups is 1. The summed E-state index contributed by atoms with van der Waals surface area (Å²) < 4.78 is 10.5. The number of aromatic nitrogens is 1. The van der Waals surface area contributed by atoms with Crippen molar-refractivity contribution in [1.82, 2.24) is 10.5 Å². The van der Waals surface area contributed by atoms with E-state index in [0.29, 0.717) is 29.5 Å². The molecule has 2 heterocycles. The van der Waals surface area contributed by atoms with Gasteiger partial charge in [-0.25, -0.2) is 0 Å². The van der Waals surface area contributed by atoms with Gasteiger partial charge < -0.3 is 19.7 Å². The molecule has 128 valence electrons. The summed E-state index contributed by atoms with van der Waals surface area (Å²) in [6.45, 7) is 2.83. The Labute approximate surface area is 144 Å². The second-order valence-corrected chi connectivity index (χ2v) is 6.25. The monoisotopic (exact) mass is 350 g/mol. The predicted octanol–water partition coefficient (Wildman–Crippen LogP) is 2.96. The number of halogens is 1. The summed E-state index contributed by atoms with van der Waals surface area (Å²) in [4.78, 5) is 12.5. The van der Waals surface area contributed by atoms with E-state index in [4.69, 9.17) is 20.9 Å². The highest BCUT2D eigenvalue weighted by Crippen LogP contribution is 2.31. The lowest BCUT2D eigenvalue weighted by molar-refractivity contribution is 0.0675. The molecular formula is C17H19ClN2O4. The molecule has 2 N–H and O–H groups in total. The van der Waals surface area contributed by atoms with E-state index in [0.717, 1.165) is 18.4 Å². The molecule has 1 unspecified atom stereocenters. The summed E-state index contributed by atoms with van der Waals surface area (Å²) in [5.74, 6) is -0.327. The van der Waals surface area contributed by atoms with E-state index >= 15 is 0 Å². The van der Waals surface area contributed by atoms with E-state index in [1.165, 1.54) is 0 Å². The van der Waals surface area contributed by atoms with Gasteiger partial charge >= 0.3 is 0 Å². The summed E-state index contributed by atoms with van der Waals surface area (Å²) in [6.07, 6.45) is 0.624. The van der Waals surface area contributed by atoms with Gasteiger partial charge in [-0.1, -0.05) is 28.9 Å². The van der Waals surface area contributed by atoms with Gasteiger partial charge in [0.2, 0.25) is 5.76 Å². The molecule has 1 saturated heterocycles. The van der Waals surface area contributed by atoms with Crippen molar-refractivity contribution in [3.05, 3.63) is 40.6 Å². The molecule has 0 bridgehead atoms. The molecule has 1 aliphatic heterocycles. The topological polar surface area (TPSA) is 84.6 Å². The van der Waals surface area contributed by atoms with Gasteiger partial charge in [-0.2, -0.15) is 0 Å². The lowest BCUT2D eigenvalue weighted by atomic mass is 10.0. The lowest BCUT2D eigenvalue weighted by Gasteiger charge is -2.22. The molecule has 3 rings (SSSR count). The minimum Gasteiger partial charge on any atom is -0.388 e. The number of nitrogens with zero attached hydrogens (tertiary/aromatic N) is 1. The summed E-state index contributed by atoms with van der Waals surface area (Å²) in [6, 6.07) is 7.02. The molecule has 7 heteroatoms. The van der Waals surface area contributed by atoms with Gasteiger partial charge in [0.1, 0.15) is 5.69 Å². The fourth-order valence-electron chi connectivity index (χ4n) is 2.76. The summed E-state index contributed by atoms with van der Waals surface area (Å²) in [5, 5.41) is 17.6. The molecule has 1 fully saturated rings. The van der Waals surface area contributed by atoms with Crippen molar-refractivity contribution in [2.24, 2.45) is 0 Å². The van der Waals surface area contributed by atoms with Crippen LogP contribution in [0.1, 0.15) is 42.0 Å². The van der Waals surface area contributed by atoms with Crippen LogP contribution < -0.4 is 5.32 Å². The second kappa shape index (κ2) is 7.34. The minimum atomic E-state index is -0.891. The van der Waals surface area contributed by atoms with Crippen LogP contribution >= 0.6 is 11.6 Å². The maximum Gasteiger partial charge on any atom is 0.290 e. The molecule has 1 aromatic heterocycles. The average Bonchev–Trinajstić information content (AvgIpc) is 3.02. The van der Waals surface area contributed by atoms with E-state index in [1.807, 2.05) is 0 Å². The van der Waals surface area contributed by atoms with Crippen molar-refractivity contribution < 1.29 is 19.2 Å². The summed E-state index contributed by atoms with van der Waals surface area (Å²) in [7, 11) is 0. The van der Waals surface area contributed by atoms with Gasteiger partial charge in [-0.15, -0.1) is 0 Å². The van der Waals surface area contributed by atoms with E-state index in [2.05, 4.69) is 10.5 Å². The Bertz CT molecular complexity index is 706. The molecule has 1 atom stereocenters. The van der Waals surface area contributed by atoms with Crippen molar-refractivity contribution in [3.8, 4) is 11.3 Å². The van der Waals surface area contributed by atoms with Crippen LogP contribution in [0.4, 0.5) is 0 Å². The fourth-order valence-corrected chi connectivity index (χ4v) is 2.88. The average molecular weight is 351 g/mol. The standard InChI is InChI=1S/C17H19ClN2O4/c1-10(21)14-15(11-2-4-12(18)5-3-11)20-24-16(14)17(22)19-13-6-8-23-9-7-13/h2-5,10,13,21H,6-9H2,1H3,(H,19,22). The maximum absolute atomic E-state index is 12.5. The number of carbonyl (C=O) groups is 1. The normalized spacial score (nSPS) is 16.8. The highest BCUT2D eigenvalue weighted by molar-refractivity contribution is 6.30. The molecule has 24 heavy (non-hydrogen) atoms. The molecule has 1 aliphatic rings.